The van der Waals surface area contributed by atoms with E-state index in [1.807, 2.05) is 18.2 Å². The zero-order valence-corrected chi connectivity index (χ0v) is 8.56. The first-order valence-corrected chi connectivity index (χ1v) is 4.48. The van der Waals surface area contributed by atoms with Crippen LogP contribution in [0.15, 0.2) is 35.1 Å². The van der Waals surface area contributed by atoms with Crippen LogP contribution in [-0.2, 0) is 0 Å². The second kappa shape index (κ2) is 4.04. The Morgan fingerprint density at radius 3 is 2.60 bits per heavy atom. The Hall–Kier alpha value is -1.97. The number of rotatable bonds is 3. The van der Waals surface area contributed by atoms with E-state index in [-0.39, 0.29) is 0 Å². The first-order valence-electron chi connectivity index (χ1n) is 4.48. The van der Waals surface area contributed by atoms with Crippen LogP contribution in [0.3, 0.4) is 0 Å². The number of aromatic nitrogens is 1. The first-order chi connectivity index (χ1) is 7.35. The Balaban J connectivity index is 2.48. The maximum absolute atomic E-state index is 5.25. The SMILES string of the molecule is COc1ccc(-c2ccon2)c(OC)c1. The number of methoxy groups -OCH3 is 2. The van der Waals surface area contributed by atoms with Crippen LogP contribution in [0.5, 0.6) is 11.5 Å². The van der Waals surface area contributed by atoms with Crippen LogP contribution >= 0.6 is 0 Å². The van der Waals surface area contributed by atoms with Gasteiger partial charge in [0.1, 0.15) is 23.5 Å². The quantitative estimate of drug-likeness (QED) is 0.771. The van der Waals surface area contributed by atoms with Gasteiger partial charge in [-0.05, 0) is 12.1 Å². The second-order valence-electron chi connectivity index (χ2n) is 2.95. The van der Waals surface area contributed by atoms with Crippen LogP contribution in [0.1, 0.15) is 0 Å². The zero-order valence-electron chi connectivity index (χ0n) is 8.56. The lowest BCUT2D eigenvalue weighted by atomic mass is 10.1. The molecule has 2 rings (SSSR count). The molecule has 4 heteroatoms. The minimum atomic E-state index is 0.711. The van der Waals surface area contributed by atoms with Crippen molar-refractivity contribution in [2.45, 2.75) is 0 Å². The Kier molecular flexibility index (Phi) is 2.58. The van der Waals surface area contributed by atoms with Crippen LogP contribution in [0.4, 0.5) is 0 Å². The molecule has 0 saturated carbocycles. The van der Waals surface area contributed by atoms with Crippen molar-refractivity contribution in [2.75, 3.05) is 14.2 Å². The number of ether oxygens (including phenoxy) is 2. The predicted molar refractivity (Wildman–Crippen MR) is 55.0 cm³/mol. The van der Waals surface area contributed by atoms with Gasteiger partial charge in [0, 0.05) is 17.7 Å². The Labute approximate surface area is 87.4 Å². The Morgan fingerprint density at radius 2 is 2.00 bits per heavy atom. The normalized spacial score (nSPS) is 10.0. The molecule has 0 fully saturated rings. The third kappa shape index (κ3) is 1.79. The molecule has 1 aromatic carbocycles. The van der Waals surface area contributed by atoms with Gasteiger partial charge in [0.05, 0.1) is 14.2 Å². The fourth-order valence-corrected chi connectivity index (χ4v) is 1.36. The number of hydrogen-bond acceptors (Lipinski definition) is 4. The van der Waals surface area contributed by atoms with Crippen LogP contribution in [0.25, 0.3) is 11.3 Å². The average molecular weight is 205 g/mol. The topological polar surface area (TPSA) is 44.5 Å². The summed E-state index contributed by atoms with van der Waals surface area (Å²) in [5.41, 5.74) is 1.63. The van der Waals surface area contributed by atoms with Crippen LogP contribution in [0.2, 0.25) is 0 Å². The first kappa shape index (κ1) is 9.58. The molecule has 0 saturated heterocycles. The molecular formula is C11H11NO3. The molecule has 0 unspecified atom stereocenters. The standard InChI is InChI=1S/C11H11NO3/c1-13-8-3-4-9(11(7-8)14-2)10-5-6-15-12-10/h3-7H,1-2H3. The molecule has 1 heterocycles. The second-order valence-corrected chi connectivity index (χ2v) is 2.95. The fraction of sp³-hybridized carbons (Fsp3) is 0.182. The van der Waals surface area contributed by atoms with E-state index in [0.717, 1.165) is 17.0 Å². The summed E-state index contributed by atoms with van der Waals surface area (Å²) in [4.78, 5) is 0. The summed E-state index contributed by atoms with van der Waals surface area (Å²) in [7, 11) is 3.23. The lowest BCUT2D eigenvalue weighted by Crippen LogP contribution is -1.90. The largest absolute Gasteiger partial charge is 0.497 e. The minimum Gasteiger partial charge on any atom is -0.497 e. The van der Waals surface area contributed by atoms with Crippen molar-refractivity contribution in [1.29, 1.82) is 0 Å². The van der Waals surface area contributed by atoms with Crippen LogP contribution in [0, 0.1) is 0 Å². The Bertz CT molecular complexity index is 437. The summed E-state index contributed by atoms with van der Waals surface area (Å²) < 4.78 is 15.1. The third-order valence-corrected chi connectivity index (χ3v) is 2.12. The maximum Gasteiger partial charge on any atom is 0.132 e. The number of benzene rings is 1. The lowest BCUT2D eigenvalue weighted by molar-refractivity contribution is 0.394. The molecule has 0 N–H and O–H groups in total. The molecule has 0 aliphatic carbocycles. The fourth-order valence-electron chi connectivity index (χ4n) is 1.36. The molecule has 4 nitrogen and oxygen atoms in total. The van der Waals surface area contributed by atoms with Gasteiger partial charge in [-0.15, -0.1) is 0 Å². The highest BCUT2D eigenvalue weighted by atomic mass is 16.5. The molecule has 2 aromatic rings. The summed E-state index contributed by atoms with van der Waals surface area (Å²) in [6, 6.07) is 7.33. The van der Waals surface area contributed by atoms with Crippen LogP contribution < -0.4 is 9.47 Å². The van der Waals surface area contributed by atoms with Crippen molar-refractivity contribution in [3.8, 4) is 22.8 Å². The zero-order chi connectivity index (χ0) is 10.7. The van der Waals surface area contributed by atoms with E-state index >= 15 is 0 Å². The van der Waals surface area contributed by atoms with E-state index in [2.05, 4.69) is 5.16 Å². The molecule has 15 heavy (non-hydrogen) atoms. The van der Waals surface area contributed by atoms with Crippen molar-refractivity contribution in [2.24, 2.45) is 0 Å². The number of nitrogens with zero attached hydrogens (tertiary/aromatic N) is 1. The van der Waals surface area contributed by atoms with Gasteiger partial charge in [-0.1, -0.05) is 5.16 Å². The van der Waals surface area contributed by atoms with E-state index in [1.54, 1.807) is 20.3 Å². The van der Waals surface area contributed by atoms with Gasteiger partial charge in [0.25, 0.3) is 0 Å². The van der Waals surface area contributed by atoms with Gasteiger partial charge in [-0.2, -0.15) is 0 Å². The summed E-state index contributed by atoms with van der Waals surface area (Å²) in [6.45, 7) is 0. The molecule has 0 bridgehead atoms. The summed E-state index contributed by atoms with van der Waals surface area (Å²) >= 11 is 0. The predicted octanol–water partition coefficient (Wildman–Crippen LogP) is 2.36. The summed E-state index contributed by atoms with van der Waals surface area (Å²) in [6.07, 6.45) is 1.53. The highest BCUT2D eigenvalue weighted by Crippen LogP contribution is 2.31. The highest BCUT2D eigenvalue weighted by Gasteiger charge is 2.09. The summed E-state index contributed by atoms with van der Waals surface area (Å²) in [5.74, 6) is 1.46. The van der Waals surface area contributed by atoms with Gasteiger partial charge in [-0.25, -0.2) is 0 Å². The van der Waals surface area contributed by atoms with Crippen molar-refractivity contribution in [1.82, 2.24) is 5.16 Å². The molecule has 0 amide bonds. The third-order valence-electron chi connectivity index (χ3n) is 2.12. The molecule has 0 spiro atoms. The van der Waals surface area contributed by atoms with Gasteiger partial charge in [0.2, 0.25) is 0 Å². The molecular weight excluding hydrogens is 194 g/mol. The van der Waals surface area contributed by atoms with Gasteiger partial charge in [0.15, 0.2) is 0 Å². The van der Waals surface area contributed by atoms with Crippen molar-refractivity contribution in [3.05, 3.63) is 30.5 Å². The van der Waals surface area contributed by atoms with E-state index in [1.165, 1.54) is 6.26 Å². The number of hydrogen-bond donors (Lipinski definition) is 0. The van der Waals surface area contributed by atoms with Crippen molar-refractivity contribution >= 4 is 0 Å². The van der Waals surface area contributed by atoms with Gasteiger partial charge < -0.3 is 14.0 Å². The van der Waals surface area contributed by atoms with Gasteiger partial charge >= 0.3 is 0 Å². The average Bonchev–Trinajstić information content (AvgIpc) is 2.81. The minimum absolute atomic E-state index is 0.711. The van der Waals surface area contributed by atoms with Gasteiger partial charge in [-0.3, -0.25) is 0 Å². The highest BCUT2D eigenvalue weighted by molar-refractivity contribution is 5.67. The van der Waals surface area contributed by atoms with E-state index in [0.29, 0.717) is 5.75 Å². The molecule has 0 aliphatic rings. The monoisotopic (exact) mass is 205 g/mol. The van der Waals surface area contributed by atoms with E-state index in [9.17, 15) is 0 Å². The molecule has 0 atom stereocenters. The summed E-state index contributed by atoms with van der Waals surface area (Å²) in [5, 5.41) is 3.85. The molecule has 1 aromatic heterocycles. The molecule has 78 valence electrons. The lowest BCUT2D eigenvalue weighted by Gasteiger charge is -2.07. The van der Waals surface area contributed by atoms with E-state index in [4.69, 9.17) is 14.0 Å². The molecule has 0 aliphatic heterocycles. The van der Waals surface area contributed by atoms with Crippen molar-refractivity contribution < 1.29 is 14.0 Å². The Morgan fingerprint density at radius 1 is 1.13 bits per heavy atom. The van der Waals surface area contributed by atoms with Crippen molar-refractivity contribution in [3.63, 3.8) is 0 Å². The van der Waals surface area contributed by atoms with Crippen LogP contribution in [-0.4, -0.2) is 19.4 Å². The molecule has 0 radical (unpaired) electrons. The maximum atomic E-state index is 5.25. The smallest absolute Gasteiger partial charge is 0.132 e. The van der Waals surface area contributed by atoms with E-state index < -0.39 is 0 Å².